The summed E-state index contributed by atoms with van der Waals surface area (Å²) < 4.78 is 30.5. The van der Waals surface area contributed by atoms with Crippen molar-refractivity contribution in [1.82, 2.24) is 8.96 Å². The molecular weight excluding hydrogens is 272 g/mol. The Kier molecular flexibility index (Phi) is 3.44. The third-order valence-corrected chi connectivity index (χ3v) is 4.40. The number of ether oxygens (including phenoxy) is 1. The molecule has 1 heterocycles. The van der Waals surface area contributed by atoms with Crippen LogP contribution in [0.25, 0.3) is 0 Å². The summed E-state index contributed by atoms with van der Waals surface area (Å²) in [6.07, 6.45) is 2.82. The fourth-order valence-electron chi connectivity index (χ4n) is 1.39. The molecule has 94 valence electrons. The van der Waals surface area contributed by atoms with Gasteiger partial charge in [0.05, 0.1) is 12.0 Å². The van der Waals surface area contributed by atoms with Crippen LogP contribution in [0.5, 0.6) is 5.75 Å². The molecule has 0 saturated carbocycles. The summed E-state index contributed by atoms with van der Waals surface area (Å²) in [6.45, 7) is 0. The maximum Gasteiger partial charge on any atom is 0.269 e. The first-order valence-corrected chi connectivity index (χ1v) is 6.84. The lowest BCUT2D eigenvalue weighted by Crippen LogP contribution is -2.14. The van der Waals surface area contributed by atoms with Gasteiger partial charge >= 0.3 is 0 Å². The number of nitrogens with zero attached hydrogens (tertiary/aromatic N) is 2. The van der Waals surface area contributed by atoms with Gasteiger partial charge in [0.25, 0.3) is 10.0 Å². The largest absolute Gasteiger partial charge is 0.497 e. The lowest BCUT2D eigenvalue weighted by atomic mass is 10.3. The summed E-state index contributed by atoms with van der Waals surface area (Å²) in [5, 5.41) is 0. The molecule has 0 fully saturated rings. The maximum atomic E-state index is 12.3. The van der Waals surface area contributed by atoms with Crippen LogP contribution in [0.4, 0.5) is 0 Å². The molecule has 0 saturated heterocycles. The monoisotopic (exact) mass is 282 g/mol. The molecule has 0 bridgehead atoms. The zero-order valence-corrected chi connectivity index (χ0v) is 11.1. The fourth-order valence-corrected chi connectivity index (χ4v) is 2.99. The molecule has 18 heavy (non-hydrogen) atoms. The quantitative estimate of drug-likeness (QED) is 0.804. The Balaban J connectivity index is 2.55. The van der Waals surface area contributed by atoms with Crippen molar-refractivity contribution in [2.24, 2.45) is 0 Å². The summed E-state index contributed by atoms with van der Waals surface area (Å²) in [7, 11) is -2.19. The van der Waals surface area contributed by atoms with E-state index in [-0.39, 0.29) is 9.67 Å². The Labute approximate surface area is 110 Å². The van der Waals surface area contributed by atoms with E-state index < -0.39 is 10.0 Å². The summed E-state index contributed by atoms with van der Waals surface area (Å²) in [5.74, 6) is 0.587. The number of hydrogen-bond donors (Lipinski definition) is 0. The van der Waals surface area contributed by atoms with E-state index in [1.807, 2.05) is 0 Å². The van der Waals surface area contributed by atoms with Crippen molar-refractivity contribution in [3.8, 4) is 5.75 Å². The van der Waals surface area contributed by atoms with Crippen LogP contribution in [0.3, 0.4) is 0 Å². The third-order valence-electron chi connectivity index (χ3n) is 2.30. The number of benzene rings is 1. The lowest BCUT2D eigenvalue weighted by molar-refractivity contribution is 0.414. The van der Waals surface area contributed by atoms with Gasteiger partial charge in [-0.2, -0.15) is 0 Å². The van der Waals surface area contributed by atoms with Gasteiger partial charge in [0.1, 0.15) is 5.75 Å². The molecule has 0 amide bonds. The Hall–Kier alpha value is -1.73. The van der Waals surface area contributed by atoms with E-state index >= 15 is 0 Å². The zero-order chi connectivity index (χ0) is 13.2. The van der Waals surface area contributed by atoms with Crippen molar-refractivity contribution in [3.63, 3.8) is 0 Å². The van der Waals surface area contributed by atoms with Gasteiger partial charge in [0, 0.05) is 12.4 Å². The van der Waals surface area contributed by atoms with E-state index in [0.717, 1.165) is 3.97 Å². The van der Waals surface area contributed by atoms with E-state index in [4.69, 9.17) is 17.0 Å². The van der Waals surface area contributed by atoms with Crippen molar-refractivity contribution in [1.29, 1.82) is 0 Å². The standard InChI is InChI=1S/C11H10N2O3S2/c1-16-9-3-5-10(6-4-9)18(14,15)13-8-2-7-12-11(13)17/h2-8H,1H3. The van der Waals surface area contributed by atoms with Crippen LogP contribution in [0, 0.1) is 4.77 Å². The van der Waals surface area contributed by atoms with Crippen LogP contribution in [-0.4, -0.2) is 24.5 Å². The van der Waals surface area contributed by atoms with Gasteiger partial charge in [-0.05, 0) is 42.5 Å². The average Bonchev–Trinajstić information content (AvgIpc) is 2.39. The minimum absolute atomic E-state index is 0.00619. The molecule has 1 aromatic heterocycles. The fraction of sp³-hybridized carbons (Fsp3) is 0.0909. The van der Waals surface area contributed by atoms with Crippen molar-refractivity contribution >= 4 is 22.2 Å². The first-order valence-electron chi connectivity index (χ1n) is 4.99. The highest BCUT2D eigenvalue weighted by Crippen LogP contribution is 2.17. The molecule has 0 N–H and O–H groups in total. The van der Waals surface area contributed by atoms with Gasteiger partial charge in [0.2, 0.25) is 4.77 Å². The SMILES string of the molecule is COc1ccc(S(=O)(=O)n2cccnc2=S)cc1. The molecule has 1 aromatic carbocycles. The normalized spacial score (nSPS) is 11.2. The predicted molar refractivity (Wildman–Crippen MR) is 68.6 cm³/mol. The number of aromatic nitrogens is 2. The average molecular weight is 282 g/mol. The van der Waals surface area contributed by atoms with Gasteiger partial charge in [-0.1, -0.05) is 0 Å². The second-order valence-electron chi connectivity index (χ2n) is 3.38. The lowest BCUT2D eigenvalue weighted by Gasteiger charge is -2.08. The molecule has 2 aromatic rings. The molecule has 0 spiro atoms. The number of methoxy groups -OCH3 is 1. The zero-order valence-electron chi connectivity index (χ0n) is 9.48. The molecule has 0 aliphatic rings. The van der Waals surface area contributed by atoms with Gasteiger partial charge in [-0.15, -0.1) is 0 Å². The Morgan fingerprint density at radius 2 is 1.94 bits per heavy atom. The summed E-state index contributed by atoms with van der Waals surface area (Å²) in [4.78, 5) is 3.91. The first kappa shape index (κ1) is 12.7. The Bertz CT molecular complexity index is 706. The van der Waals surface area contributed by atoms with Gasteiger partial charge in [-0.25, -0.2) is 17.4 Å². The Morgan fingerprint density at radius 1 is 1.28 bits per heavy atom. The summed E-state index contributed by atoms with van der Waals surface area (Å²) in [5.41, 5.74) is 0. The predicted octanol–water partition coefficient (Wildman–Crippen LogP) is 1.86. The minimum atomic E-state index is -3.70. The van der Waals surface area contributed by atoms with E-state index in [1.165, 1.54) is 37.7 Å². The van der Waals surface area contributed by atoms with Crippen LogP contribution >= 0.6 is 12.2 Å². The van der Waals surface area contributed by atoms with Crippen LogP contribution in [-0.2, 0) is 10.0 Å². The molecule has 5 nitrogen and oxygen atoms in total. The van der Waals surface area contributed by atoms with Gasteiger partial charge in [0.15, 0.2) is 0 Å². The van der Waals surface area contributed by atoms with Gasteiger partial charge in [-0.3, -0.25) is 0 Å². The second-order valence-corrected chi connectivity index (χ2v) is 5.56. The first-order chi connectivity index (χ1) is 8.55. The second kappa shape index (κ2) is 4.87. The van der Waals surface area contributed by atoms with Crippen molar-refractivity contribution in [3.05, 3.63) is 47.5 Å². The molecule has 0 unspecified atom stereocenters. The summed E-state index contributed by atoms with van der Waals surface area (Å²) >= 11 is 4.90. The van der Waals surface area contributed by atoms with E-state index in [1.54, 1.807) is 12.1 Å². The van der Waals surface area contributed by atoms with Crippen LogP contribution in [0.1, 0.15) is 0 Å². The topological polar surface area (TPSA) is 61.2 Å². The van der Waals surface area contributed by atoms with Crippen LogP contribution < -0.4 is 4.74 Å². The molecule has 7 heteroatoms. The highest BCUT2D eigenvalue weighted by atomic mass is 32.2. The molecule has 0 aliphatic heterocycles. The van der Waals surface area contributed by atoms with E-state index in [9.17, 15) is 8.42 Å². The smallest absolute Gasteiger partial charge is 0.269 e. The van der Waals surface area contributed by atoms with Crippen molar-refractivity contribution in [2.45, 2.75) is 4.90 Å². The van der Waals surface area contributed by atoms with E-state index in [0.29, 0.717) is 5.75 Å². The molecule has 0 aliphatic carbocycles. The number of hydrogen-bond acceptors (Lipinski definition) is 5. The number of rotatable bonds is 3. The van der Waals surface area contributed by atoms with Crippen LogP contribution in [0.15, 0.2) is 47.6 Å². The van der Waals surface area contributed by atoms with Crippen molar-refractivity contribution in [2.75, 3.05) is 7.11 Å². The maximum absolute atomic E-state index is 12.3. The molecule has 0 radical (unpaired) electrons. The van der Waals surface area contributed by atoms with Gasteiger partial charge < -0.3 is 4.74 Å². The highest BCUT2D eigenvalue weighted by Gasteiger charge is 2.16. The third kappa shape index (κ3) is 2.27. The van der Waals surface area contributed by atoms with E-state index in [2.05, 4.69) is 4.98 Å². The summed E-state index contributed by atoms with van der Waals surface area (Å²) in [6, 6.07) is 7.59. The Morgan fingerprint density at radius 3 is 2.50 bits per heavy atom. The molecule has 0 atom stereocenters. The molecular formula is C11H10N2O3S2. The molecule has 2 rings (SSSR count). The highest BCUT2D eigenvalue weighted by molar-refractivity contribution is 7.90. The minimum Gasteiger partial charge on any atom is -0.497 e. The van der Waals surface area contributed by atoms with Crippen LogP contribution in [0.2, 0.25) is 0 Å². The van der Waals surface area contributed by atoms with Crippen molar-refractivity contribution < 1.29 is 13.2 Å².